The largest absolute Gasteiger partial charge is 0.393 e. The molecule has 0 bridgehead atoms. The van der Waals surface area contributed by atoms with Crippen molar-refractivity contribution in [1.29, 1.82) is 0 Å². The number of nitrogens with two attached hydrogens (primary N) is 1. The fourth-order valence-corrected chi connectivity index (χ4v) is 2.64. The Kier molecular flexibility index (Phi) is 4.34. The van der Waals surface area contributed by atoms with Crippen LogP contribution in [0.2, 0.25) is 0 Å². The molecule has 1 unspecified atom stereocenters. The topological polar surface area (TPSA) is 85.1 Å². The lowest BCUT2D eigenvalue weighted by atomic mass is 10.3. The van der Waals surface area contributed by atoms with Crippen molar-refractivity contribution >= 4 is 27.2 Å². The summed E-state index contributed by atoms with van der Waals surface area (Å²) < 4.78 is 26.0. The molecule has 16 heavy (non-hydrogen) atoms. The number of pyridine rings is 1. The molecule has 7 heteroatoms. The highest BCUT2D eigenvalue weighted by Gasteiger charge is 2.17. The number of aromatic nitrogens is 1. The summed E-state index contributed by atoms with van der Waals surface area (Å²) in [5, 5.41) is 0. The van der Waals surface area contributed by atoms with Crippen molar-refractivity contribution in [1.82, 2.24) is 9.71 Å². The van der Waals surface area contributed by atoms with Crippen molar-refractivity contribution in [3.63, 3.8) is 0 Å². The molecule has 0 saturated carbocycles. The Hall–Kier alpha value is -1.05. The SMILES string of the molecule is CC(CC(N)=S)NS(=O)(=O)c1cccnc1. The Morgan fingerprint density at radius 2 is 2.38 bits per heavy atom. The smallest absolute Gasteiger partial charge is 0.242 e. The van der Waals surface area contributed by atoms with E-state index >= 15 is 0 Å². The third-order valence-electron chi connectivity index (χ3n) is 1.81. The van der Waals surface area contributed by atoms with Crippen molar-refractivity contribution in [2.24, 2.45) is 5.73 Å². The van der Waals surface area contributed by atoms with E-state index in [9.17, 15) is 8.42 Å². The van der Waals surface area contributed by atoms with Crippen molar-refractivity contribution < 1.29 is 8.42 Å². The molecule has 0 saturated heterocycles. The Balaban J connectivity index is 2.77. The molecule has 88 valence electrons. The van der Waals surface area contributed by atoms with Crippen LogP contribution in [0.25, 0.3) is 0 Å². The zero-order valence-electron chi connectivity index (χ0n) is 8.75. The molecule has 0 aromatic carbocycles. The van der Waals surface area contributed by atoms with E-state index in [1.165, 1.54) is 18.5 Å². The number of rotatable bonds is 5. The van der Waals surface area contributed by atoms with E-state index in [1.54, 1.807) is 13.0 Å². The third kappa shape index (κ3) is 3.84. The Bertz CT molecular complexity index is 459. The second-order valence-electron chi connectivity index (χ2n) is 3.38. The third-order valence-corrected chi connectivity index (χ3v) is 3.55. The zero-order chi connectivity index (χ0) is 12.2. The van der Waals surface area contributed by atoms with E-state index in [1.807, 2.05) is 0 Å². The maximum atomic E-state index is 11.8. The fourth-order valence-electron chi connectivity index (χ4n) is 1.18. The standard InChI is InChI=1S/C9H13N3O2S2/c1-7(5-9(10)15)12-16(13,14)8-3-2-4-11-6-8/h2-4,6-7,12H,5H2,1H3,(H2,10,15). The van der Waals surface area contributed by atoms with E-state index in [0.717, 1.165) is 0 Å². The highest BCUT2D eigenvalue weighted by atomic mass is 32.2. The van der Waals surface area contributed by atoms with Crippen LogP contribution in [0.5, 0.6) is 0 Å². The van der Waals surface area contributed by atoms with E-state index < -0.39 is 10.0 Å². The van der Waals surface area contributed by atoms with Gasteiger partial charge in [-0.15, -0.1) is 0 Å². The van der Waals surface area contributed by atoms with Crippen LogP contribution < -0.4 is 10.5 Å². The van der Waals surface area contributed by atoms with Crippen LogP contribution in [0.1, 0.15) is 13.3 Å². The average molecular weight is 259 g/mol. The second kappa shape index (κ2) is 5.33. The maximum Gasteiger partial charge on any atom is 0.242 e. The highest BCUT2D eigenvalue weighted by molar-refractivity contribution is 7.89. The molecular weight excluding hydrogens is 246 g/mol. The van der Waals surface area contributed by atoms with E-state index in [2.05, 4.69) is 9.71 Å². The van der Waals surface area contributed by atoms with Gasteiger partial charge in [0.25, 0.3) is 0 Å². The number of hydrogen-bond donors (Lipinski definition) is 2. The Morgan fingerprint density at radius 1 is 1.69 bits per heavy atom. The first-order valence-electron chi connectivity index (χ1n) is 4.62. The number of thiocarbonyl (C=S) groups is 1. The molecular formula is C9H13N3O2S2. The quantitative estimate of drug-likeness (QED) is 0.749. The summed E-state index contributed by atoms with van der Waals surface area (Å²) in [4.78, 5) is 4.16. The van der Waals surface area contributed by atoms with Gasteiger partial charge in [0.1, 0.15) is 4.90 Å². The van der Waals surface area contributed by atoms with Gasteiger partial charge in [0.05, 0.1) is 4.99 Å². The van der Waals surface area contributed by atoms with Gasteiger partial charge in [0.2, 0.25) is 10.0 Å². The van der Waals surface area contributed by atoms with Crippen molar-refractivity contribution in [3.05, 3.63) is 24.5 Å². The van der Waals surface area contributed by atoms with Gasteiger partial charge in [0, 0.05) is 24.9 Å². The number of sulfonamides is 1. The zero-order valence-corrected chi connectivity index (χ0v) is 10.4. The molecule has 1 aromatic heterocycles. The molecule has 0 aliphatic heterocycles. The van der Waals surface area contributed by atoms with Crippen molar-refractivity contribution in [2.75, 3.05) is 0 Å². The molecule has 0 aliphatic carbocycles. The van der Waals surface area contributed by atoms with Crippen LogP contribution in [-0.2, 0) is 10.0 Å². The summed E-state index contributed by atoms with van der Waals surface area (Å²) in [5.74, 6) is 0. The summed E-state index contributed by atoms with van der Waals surface area (Å²) in [5.41, 5.74) is 5.34. The molecule has 1 atom stereocenters. The van der Waals surface area contributed by atoms with Gasteiger partial charge < -0.3 is 5.73 Å². The minimum atomic E-state index is -3.53. The Morgan fingerprint density at radius 3 is 2.88 bits per heavy atom. The molecule has 1 heterocycles. The number of nitrogens with one attached hydrogen (secondary N) is 1. The lowest BCUT2D eigenvalue weighted by Crippen LogP contribution is -2.35. The first-order chi connectivity index (χ1) is 7.42. The summed E-state index contributed by atoms with van der Waals surface area (Å²) in [6.45, 7) is 1.70. The monoisotopic (exact) mass is 259 g/mol. The normalized spacial score (nSPS) is 13.3. The van der Waals surface area contributed by atoms with E-state index in [-0.39, 0.29) is 15.9 Å². The van der Waals surface area contributed by atoms with E-state index in [0.29, 0.717) is 6.42 Å². The summed E-state index contributed by atoms with van der Waals surface area (Å²) >= 11 is 4.71. The van der Waals surface area contributed by atoms with Gasteiger partial charge in [-0.25, -0.2) is 13.1 Å². The molecule has 1 aromatic rings. The van der Waals surface area contributed by atoms with Crippen LogP contribution in [0.15, 0.2) is 29.4 Å². The lowest BCUT2D eigenvalue weighted by molar-refractivity contribution is 0.564. The lowest BCUT2D eigenvalue weighted by Gasteiger charge is -2.12. The maximum absolute atomic E-state index is 11.8. The van der Waals surface area contributed by atoms with E-state index in [4.69, 9.17) is 18.0 Å². The molecule has 0 fully saturated rings. The molecule has 0 spiro atoms. The highest BCUT2D eigenvalue weighted by Crippen LogP contribution is 2.07. The Labute approximate surface area is 100 Å². The molecule has 5 nitrogen and oxygen atoms in total. The van der Waals surface area contributed by atoms with Gasteiger partial charge in [-0.1, -0.05) is 12.2 Å². The van der Waals surface area contributed by atoms with Gasteiger partial charge in [-0.05, 0) is 19.1 Å². The first-order valence-corrected chi connectivity index (χ1v) is 6.51. The molecule has 0 aliphatic rings. The van der Waals surface area contributed by atoms with Gasteiger partial charge in [-0.2, -0.15) is 0 Å². The van der Waals surface area contributed by atoms with Gasteiger partial charge >= 0.3 is 0 Å². The van der Waals surface area contributed by atoms with Crippen LogP contribution in [0, 0.1) is 0 Å². The molecule has 0 radical (unpaired) electrons. The van der Waals surface area contributed by atoms with Crippen LogP contribution in [-0.4, -0.2) is 24.4 Å². The second-order valence-corrected chi connectivity index (χ2v) is 5.62. The predicted octanol–water partition coefficient (Wildman–Crippen LogP) is 0.425. The summed E-state index contributed by atoms with van der Waals surface area (Å²) in [6.07, 6.45) is 3.13. The van der Waals surface area contributed by atoms with Crippen molar-refractivity contribution in [3.8, 4) is 0 Å². The summed E-state index contributed by atoms with van der Waals surface area (Å²) in [7, 11) is -3.53. The van der Waals surface area contributed by atoms with Crippen LogP contribution in [0.4, 0.5) is 0 Å². The minimum Gasteiger partial charge on any atom is -0.393 e. The number of nitrogens with zero attached hydrogens (tertiary/aromatic N) is 1. The predicted molar refractivity (Wildman–Crippen MR) is 65.4 cm³/mol. The average Bonchev–Trinajstić information content (AvgIpc) is 2.16. The molecule has 0 amide bonds. The van der Waals surface area contributed by atoms with Gasteiger partial charge in [-0.3, -0.25) is 4.98 Å². The fraction of sp³-hybridized carbons (Fsp3) is 0.333. The minimum absolute atomic E-state index is 0.129. The molecule has 3 N–H and O–H groups in total. The summed E-state index contributed by atoms with van der Waals surface area (Å²) in [6, 6.07) is 2.71. The first kappa shape index (κ1) is 13.0. The van der Waals surface area contributed by atoms with Crippen LogP contribution in [0.3, 0.4) is 0 Å². The van der Waals surface area contributed by atoms with Crippen molar-refractivity contribution in [2.45, 2.75) is 24.3 Å². The van der Waals surface area contributed by atoms with Gasteiger partial charge in [0.15, 0.2) is 0 Å². The number of hydrogen-bond acceptors (Lipinski definition) is 4. The van der Waals surface area contributed by atoms with Crippen LogP contribution >= 0.6 is 12.2 Å². The molecule has 1 rings (SSSR count).